The number of amides is 1. The van der Waals surface area contributed by atoms with E-state index in [1.165, 1.54) is 25.7 Å². The molecule has 1 saturated carbocycles. The lowest BCUT2D eigenvalue weighted by Gasteiger charge is -2.30. The van der Waals surface area contributed by atoms with Crippen LogP contribution in [0.2, 0.25) is 0 Å². The van der Waals surface area contributed by atoms with Crippen molar-refractivity contribution in [3.05, 3.63) is 35.9 Å². The molecule has 18 heavy (non-hydrogen) atoms. The highest BCUT2D eigenvalue weighted by Gasteiger charge is 2.24. The number of nitrogens with two attached hydrogens (primary N) is 1. The van der Waals surface area contributed by atoms with Gasteiger partial charge in [-0.1, -0.05) is 31.0 Å². The summed E-state index contributed by atoms with van der Waals surface area (Å²) < 4.78 is 0. The predicted octanol–water partition coefficient (Wildman–Crippen LogP) is 2.18. The first-order chi connectivity index (χ1) is 8.81. The van der Waals surface area contributed by atoms with Crippen LogP contribution in [-0.2, 0) is 0 Å². The highest BCUT2D eigenvalue weighted by atomic mass is 16.1. The highest BCUT2D eigenvalue weighted by Crippen LogP contribution is 2.28. The van der Waals surface area contributed by atoms with Gasteiger partial charge in [-0.15, -0.1) is 0 Å². The Kier molecular flexibility index (Phi) is 4.76. The Morgan fingerprint density at radius 2 is 1.83 bits per heavy atom. The highest BCUT2D eigenvalue weighted by molar-refractivity contribution is 5.94. The van der Waals surface area contributed by atoms with Crippen LogP contribution in [0.3, 0.4) is 0 Å². The molecule has 0 spiro atoms. The van der Waals surface area contributed by atoms with E-state index in [1.807, 2.05) is 30.3 Å². The summed E-state index contributed by atoms with van der Waals surface area (Å²) in [6.45, 7) is 1.50. The van der Waals surface area contributed by atoms with Gasteiger partial charge in [-0.05, 0) is 43.4 Å². The minimum atomic E-state index is 0.0249. The minimum absolute atomic E-state index is 0.0249. The fourth-order valence-corrected chi connectivity index (χ4v) is 2.78. The van der Waals surface area contributed by atoms with Gasteiger partial charge in [0.25, 0.3) is 5.91 Å². The third kappa shape index (κ3) is 3.33. The maximum absolute atomic E-state index is 11.9. The van der Waals surface area contributed by atoms with Gasteiger partial charge in [0.15, 0.2) is 0 Å². The molecule has 1 fully saturated rings. The molecule has 0 aliphatic heterocycles. The molecular weight excluding hydrogens is 224 g/mol. The summed E-state index contributed by atoms with van der Waals surface area (Å²) in [4.78, 5) is 11.9. The number of carbonyl (C=O) groups excluding carboxylic acids is 1. The van der Waals surface area contributed by atoms with Crippen molar-refractivity contribution in [2.45, 2.75) is 25.7 Å². The van der Waals surface area contributed by atoms with Crippen LogP contribution in [0, 0.1) is 11.8 Å². The predicted molar refractivity (Wildman–Crippen MR) is 73.3 cm³/mol. The topological polar surface area (TPSA) is 55.1 Å². The lowest BCUT2D eigenvalue weighted by molar-refractivity contribution is 0.0935. The zero-order valence-corrected chi connectivity index (χ0v) is 10.8. The second-order valence-electron chi connectivity index (χ2n) is 5.12. The monoisotopic (exact) mass is 246 g/mol. The third-order valence-electron chi connectivity index (χ3n) is 3.93. The molecule has 1 aromatic rings. The van der Waals surface area contributed by atoms with Crippen LogP contribution in [0.25, 0.3) is 0 Å². The van der Waals surface area contributed by atoms with Crippen molar-refractivity contribution in [1.82, 2.24) is 5.32 Å². The maximum Gasteiger partial charge on any atom is 0.251 e. The van der Waals surface area contributed by atoms with Crippen LogP contribution in [0.15, 0.2) is 30.3 Å². The van der Waals surface area contributed by atoms with E-state index in [9.17, 15) is 4.79 Å². The summed E-state index contributed by atoms with van der Waals surface area (Å²) in [7, 11) is 0. The molecule has 0 heterocycles. The van der Waals surface area contributed by atoms with Crippen molar-refractivity contribution < 1.29 is 4.79 Å². The molecular formula is C15H22N2O. The number of rotatable bonds is 4. The number of carbonyl (C=O) groups is 1. The molecule has 2 unspecified atom stereocenters. The summed E-state index contributed by atoms with van der Waals surface area (Å²) in [6, 6.07) is 9.38. The van der Waals surface area contributed by atoms with Crippen molar-refractivity contribution in [2.24, 2.45) is 17.6 Å². The van der Waals surface area contributed by atoms with E-state index in [4.69, 9.17) is 5.73 Å². The summed E-state index contributed by atoms with van der Waals surface area (Å²) >= 11 is 0. The molecule has 1 aromatic carbocycles. The Bertz CT molecular complexity index is 377. The lowest BCUT2D eigenvalue weighted by Crippen LogP contribution is -2.36. The molecule has 1 amide bonds. The average Bonchev–Trinajstić information content (AvgIpc) is 2.46. The normalized spacial score (nSPS) is 23.6. The molecule has 2 rings (SSSR count). The largest absolute Gasteiger partial charge is 0.352 e. The van der Waals surface area contributed by atoms with E-state index in [-0.39, 0.29) is 5.91 Å². The maximum atomic E-state index is 11.9. The first-order valence-electron chi connectivity index (χ1n) is 6.84. The third-order valence-corrected chi connectivity index (χ3v) is 3.93. The lowest BCUT2D eigenvalue weighted by atomic mass is 9.79. The molecule has 2 atom stereocenters. The molecule has 3 N–H and O–H groups in total. The number of nitrogens with one attached hydrogen (secondary N) is 1. The van der Waals surface area contributed by atoms with E-state index < -0.39 is 0 Å². The van der Waals surface area contributed by atoms with E-state index >= 15 is 0 Å². The summed E-state index contributed by atoms with van der Waals surface area (Å²) in [5.74, 6) is 1.16. The standard InChI is InChI=1S/C15H22N2O/c16-10-13-8-4-5-9-14(13)11-17-15(18)12-6-2-1-3-7-12/h1-3,6-7,13-14H,4-5,8-11,16H2,(H,17,18). The Hall–Kier alpha value is -1.35. The zero-order chi connectivity index (χ0) is 12.8. The Labute approximate surface area is 109 Å². The molecule has 98 valence electrons. The quantitative estimate of drug-likeness (QED) is 0.855. The first-order valence-corrected chi connectivity index (χ1v) is 6.84. The Balaban J connectivity index is 1.85. The molecule has 0 saturated heterocycles. The smallest absolute Gasteiger partial charge is 0.251 e. The second-order valence-corrected chi connectivity index (χ2v) is 5.12. The van der Waals surface area contributed by atoms with Crippen molar-refractivity contribution in [3.63, 3.8) is 0 Å². The van der Waals surface area contributed by atoms with Gasteiger partial charge in [0, 0.05) is 12.1 Å². The van der Waals surface area contributed by atoms with Gasteiger partial charge in [0.05, 0.1) is 0 Å². The van der Waals surface area contributed by atoms with E-state index in [0.717, 1.165) is 18.7 Å². The first kappa shape index (κ1) is 13.1. The van der Waals surface area contributed by atoms with Gasteiger partial charge in [0.1, 0.15) is 0 Å². The van der Waals surface area contributed by atoms with Crippen molar-refractivity contribution in [2.75, 3.05) is 13.1 Å². The molecule has 0 aromatic heterocycles. The molecule has 1 aliphatic rings. The van der Waals surface area contributed by atoms with Crippen molar-refractivity contribution >= 4 is 5.91 Å². The summed E-state index contributed by atoms with van der Waals surface area (Å²) in [5, 5.41) is 3.04. The van der Waals surface area contributed by atoms with Gasteiger partial charge < -0.3 is 11.1 Å². The molecule has 1 aliphatic carbocycles. The number of hydrogen-bond acceptors (Lipinski definition) is 2. The molecule has 0 bridgehead atoms. The van der Waals surface area contributed by atoms with Crippen LogP contribution in [0.1, 0.15) is 36.0 Å². The average molecular weight is 246 g/mol. The van der Waals surface area contributed by atoms with Crippen molar-refractivity contribution in [3.8, 4) is 0 Å². The van der Waals surface area contributed by atoms with Gasteiger partial charge in [0.2, 0.25) is 0 Å². The molecule has 3 nitrogen and oxygen atoms in total. The van der Waals surface area contributed by atoms with Crippen molar-refractivity contribution in [1.29, 1.82) is 0 Å². The van der Waals surface area contributed by atoms with Crippen LogP contribution >= 0.6 is 0 Å². The van der Waals surface area contributed by atoms with E-state index in [2.05, 4.69) is 5.32 Å². The fourth-order valence-electron chi connectivity index (χ4n) is 2.78. The van der Waals surface area contributed by atoms with Crippen LogP contribution in [0.5, 0.6) is 0 Å². The molecule has 0 radical (unpaired) electrons. The van der Waals surface area contributed by atoms with Gasteiger partial charge in [-0.2, -0.15) is 0 Å². The second kappa shape index (κ2) is 6.55. The molecule has 3 heteroatoms. The SMILES string of the molecule is NCC1CCCCC1CNC(=O)c1ccccc1. The van der Waals surface area contributed by atoms with Gasteiger partial charge in [-0.25, -0.2) is 0 Å². The van der Waals surface area contributed by atoms with E-state index in [0.29, 0.717) is 11.8 Å². The van der Waals surface area contributed by atoms with Crippen LogP contribution < -0.4 is 11.1 Å². The minimum Gasteiger partial charge on any atom is -0.352 e. The van der Waals surface area contributed by atoms with Gasteiger partial charge >= 0.3 is 0 Å². The number of benzene rings is 1. The Morgan fingerprint density at radius 3 is 2.50 bits per heavy atom. The summed E-state index contributed by atoms with van der Waals surface area (Å²) in [5.41, 5.74) is 6.53. The Morgan fingerprint density at radius 1 is 1.17 bits per heavy atom. The number of hydrogen-bond donors (Lipinski definition) is 2. The zero-order valence-electron chi connectivity index (χ0n) is 10.8. The van der Waals surface area contributed by atoms with Crippen LogP contribution in [0.4, 0.5) is 0 Å². The fraction of sp³-hybridized carbons (Fsp3) is 0.533. The van der Waals surface area contributed by atoms with E-state index in [1.54, 1.807) is 0 Å². The summed E-state index contributed by atoms with van der Waals surface area (Å²) in [6.07, 6.45) is 4.95. The van der Waals surface area contributed by atoms with Gasteiger partial charge in [-0.3, -0.25) is 4.79 Å². The van der Waals surface area contributed by atoms with Crippen LogP contribution in [-0.4, -0.2) is 19.0 Å².